The van der Waals surface area contributed by atoms with Crippen LogP contribution in [0.1, 0.15) is 24.0 Å². The van der Waals surface area contributed by atoms with Crippen LogP contribution in [0, 0.1) is 5.92 Å². The summed E-state index contributed by atoms with van der Waals surface area (Å²) < 4.78 is 7.93. The van der Waals surface area contributed by atoms with E-state index in [9.17, 15) is 4.79 Å². The highest BCUT2D eigenvalue weighted by molar-refractivity contribution is 5.81. The van der Waals surface area contributed by atoms with Gasteiger partial charge in [-0.15, -0.1) is 0 Å². The molecule has 0 spiro atoms. The van der Waals surface area contributed by atoms with Crippen molar-refractivity contribution in [2.75, 3.05) is 13.1 Å². The van der Waals surface area contributed by atoms with Crippen LogP contribution in [0.2, 0.25) is 0 Å². The van der Waals surface area contributed by atoms with E-state index in [2.05, 4.69) is 26.5 Å². The Morgan fingerprint density at radius 1 is 1.38 bits per heavy atom. The van der Waals surface area contributed by atoms with Crippen LogP contribution in [0.25, 0.3) is 0 Å². The molecule has 7 nitrogen and oxygen atoms in total. The molecule has 0 saturated carbocycles. The Morgan fingerprint density at radius 2 is 2.31 bits per heavy atom. The fraction of sp³-hybridized carbons (Fsp3) is 0.526. The molecule has 3 atom stereocenters. The molecule has 0 aliphatic carbocycles. The molecule has 0 unspecified atom stereocenters. The Hall–Kier alpha value is -2.25. The van der Waals surface area contributed by atoms with E-state index in [1.54, 1.807) is 12.4 Å². The molecule has 2 fully saturated rings. The summed E-state index contributed by atoms with van der Waals surface area (Å²) in [5.74, 6) is 0.469. The molecule has 2 aromatic rings. The molecular formula is C19H25N5O2. The van der Waals surface area contributed by atoms with Gasteiger partial charge in [0.15, 0.2) is 0 Å². The first-order valence-corrected chi connectivity index (χ1v) is 9.19. The number of hydrogen-bond acceptors (Lipinski definition) is 5. The van der Waals surface area contributed by atoms with Gasteiger partial charge in [0.25, 0.3) is 0 Å². The highest BCUT2D eigenvalue weighted by atomic mass is 16.5. The third-order valence-electron chi connectivity index (χ3n) is 5.28. The van der Waals surface area contributed by atoms with Gasteiger partial charge in [-0.25, -0.2) is 0 Å². The van der Waals surface area contributed by atoms with E-state index in [4.69, 9.17) is 4.74 Å². The molecule has 2 aromatic heterocycles. The van der Waals surface area contributed by atoms with Crippen molar-refractivity contribution < 1.29 is 9.53 Å². The minimum Gasteiger partial charge on any atom is -0.364 e. The zero-order chi connectivity index (χ0) is 17.9. The second-order valence-electron chi connectivity index (χ2n) is 7.28. The summed E-state index contributed by atoms with van der Waals surface area (Å²) in [6, 6.07) is 3.83. The maximum atomic E-state index is 12.5. The number of likely N-dealkylation sites (tertiary alicyclic amines) is 1. The molecule has 7 heteroatoms. The van der Waals surface area contributed by atoms with Crippen LogP contribution in [-0.2, 0) is 29.7 Å². The first-order valence-electron chi connectivity index (χ1n) is 9.19. The van der Waals surface area contributed by atoms with Crippen molar-refractivity contribution in [2.24, 2.45) is 13.0 Å². The van der Waals surface area contributed by atoms with E-state index < -0.39 is 0 Å². The number of carbonyl (C=O) groups is 1. The molecule has 0 bridgehead atoms. The average molecular weight is 355 g/mol. The summed E-state index contributed by atoms with van der Waals surface area (Å²) in [6.07, 6.45) is 9.18. The number of aromatic nitrogens is 3. The summed E-state index contributed by atoms with van der Waals surface area (Å²) in [7, 11) is 1.94. The van der Waals surface area contributed by atoms with Gasteiger partial charge in [0.1, 0.15) is 6.10 Å². The molecule has 4 heterocycles. The lowest BCUT2D eigenvalue weighted by Crippen LogP contribution is -2.42. The number of fused-ring (bicyclic) bond motifs is 1. The summed E-state index contributed by atoms with van der Waals surface area (Å²) >= 11 is 0. The van der Waals surface area contributed by atoms with Crippen molar-refractivity contribution in [1.29, 1.82) is 0 Å². The lowest BCUT2D eigenvalue weighted by molar-refractivity contribution is -0.133. The van der Waals surface area contributed by atoms with Crippen LogP contribution in [0.4, 0.5) is 0 Å². The Labute approximate surface area is 153 Å². The van der Waals surface area contributed by atoms with Gasteiger partial charge in [0, 0.05) is 50.8 Å². The zero-order valence-electron chi connectivity index (χ0n) is 15.0. The number of ether oxygens (including phenoxy) is 1. The highest BCUT2D eigenvalue weighted by Crippen LogP contribution is 2.33. The Morgan fingerprint density at radius 3 is 3.08 bits per heavy atom. The molecule has 0 radical (unpaired) electrons. The fourth-order valence-corrected chi connectivity index (χ4v) is 3.92. The van der Waals surface area contributed by atoms with Gasteiger partial charge in [-0.05, 0) is 36.9 Å². The smallest absolute Gasteiger partial charge is 0.249 e. The average Bonchev–Trinajstić information content (AvgIpc) is 3.26. The summed E-state index contributed by atoms with van der Waals surface area (Å²) in [5.41, 5.74) is 2.22. The van der Waals surface area contributed by atoms with Gasteiger partial charge >= 0.3 is 0 Å². The largest absolute Gasteiger partial charge is 0.364 e. The number of amides is 1. The standard InChI is InChI=1S/C19H25N5O2/c1-23-11-15(10-22-23)12-24-6-4-16-7-17(26-18(16)13-24)19(25)21-9-14-3-2-5-20-8-14/h2-3,5,8,10-11,16-18H,4,6-7,9,12-13H2,1H3,(H,21,25)/t16-,17-,18+/m0/s1. The highest BCUT2D eigenvalue weighted by Gasteiger charge is 2.41. The molecule has 138 valence electrons. The molecule has 2 aliphatic rings. The maximum Gasteiger partial charge on any atom is 0.249 e. The summed E-state index contributed by atoms with van der Waals surface area (Å²) in [5, 5.41) is 7.21. The molecule has 0 aromatic carbocycles. The minimum absolute atomic E-state index is 0.0120. The number of hydrogen-bond donors (Lipinski definition) is 1. The van der Waals surface area contributed by atoms with Crippen molar-refractivity contribution in [2.45, 2.75) is 38.1 Å². The molecular weight excluding hydrogens is 330 g/mol. The Bertz CT molecular complexity index is 747. The van der Waals surface area contributed by atoms with Crippen LogP contribution in [0.3, 0.4) is 0 Å². The zero-order valence-corrected chi connectivity index (χ0v) is 15.0. The van der Waals surface area contributed by atoms with Crippen molar-refractivity contribution in [3.8, 4) is 0 Å². The predicted molar refractivity (Wildman–Crippen MR) is 96.0 cm³/mol. The van der Waals surface area contributed by atoms with E-state index in [0.717, 1.165) is 38.0 Å². The van der Waals surface area contributed by atoms with Crippen LogP contribution < -0.4 is 5.32 Å². The fourth-order valence-electron chi connectivity index (χ4n) is 3.92. The number of piperidine rings is 1. The summed E-state index contributed by atoms with van der Waals surface area (Å²) in [4.78, 5) is 18.9. The third-order valence-corrected chi connectivity index (χ3v) is 5.28. The van der Waals surface area contributed by atoms with Gasteiger partial charge in [0.05, 0.1) is 12.3 Å². The van der Waals surface area contributed by atoms with Crippen LogP contribution >= 0.6 is 0 Å². The monoisotopic (exact) mass is 355 g/mol. The van der Waals surface area contributed by atoms with Crippen LogP contribution in [0.15, 0.2) is 36.9 Å². The molecule has 1 N–H and O–H groups in total. The second-order valence-corrected chi connectivity index (χ2v) is 7.28. The van der Waals surface area contributed by atoms with Crippen LogP contribution in [0.5, 0.6) is 0 Å². The third kappa shape index (κ3) is 3.94. The van der Waals surface area contributed by atoms with Crippen molar-refractivity contribution in [3.63, 3.8) is 0 Å². The topological polar surface area (TPSA) is 72.3 Å². The number of pyridine rings is 1. The van der Waals surface area contributed by atoms with Gasteiger partial charge in [-0.1, -0.05) is 6.07 Å². The molecule has 4 rings (SSSR count). The van der Waals surface area contributed by atoms with Gasteiger partial charge < -0.3 is 10.1 Å². The van der Waals surface area contributed by atoms with Crippen molar-refractivity contribution in [3.05, 3.63) is 48.0 Å². The predicted octanol–water partition coefficient (Wildman–Crippen LogP) is 1.11. The van der Waals surface area contributed by atoms with Crippen molar-refractivity contribution >= 4 is 5.91 Å². The number of aryl methyl sites for hydroxylation is 1. The number of nitrogens with one attached hydrogen (secondary N) is 1. The Balaban J connectivity index is 1.28. The normalized spacial score (nSPS) is 25.8. The SMILES string of the molecule is Cn1cc(CN2CC[C@H]3C[C@@H](C(=O)NCc4cccnc4)O[C@@H]3C2)cn1. The van der Waals surface area contributed by atoms with E-state index in [1.807, 2.05) is 30.1 Å². The molecule has 1 amide bonds. The van der Waals surface area contributed by atoms with E-state index in [1.165, 1.54) is 5.56 Å². The quantitative estimate of drug-likeness (QED) is 0.870. The Kier molecular flexibility index (Phi) is 4.99. The number of carbonyl (C=O) groups excluding carboxylic acids is 1. The summed E-state index contributed by atoms with van der Waals surface area (Å²) in [6.45, 7) is 3.31. The van der Waals surface area contributed by atoms with E-state index in [-0.39, 0.29) is 18.1 Å². The number of rotatable bonds is 5. The van der Waals surface area contributed by atoms with Gasteiger partial charge in [-0.3, -0.25) is 19.4 Å². The lowest BCUT2D eigenvalue weighted by atomic mass is 9.91. The van der Waals surface area contributed by atoms with Crippen molar-refractivity contribution in [1.82, 2.24) is 25.0 Å². The molecule has 2 saturated heterocycles. The number of nitrogens with zero attached hydrogens (tertiary/aromatic N) is 4. The first-order chi connectivity index (χ1) is 12.7. The molecule has 2 aliphatic heterocycles. The first kappa shape index (κ1) is 17.2. The van der Waals surface area contributed by atoms with E-state index in [0.29, 0.717) is 12.5 Å². The van der Waals surface area contributed by atoms with Crippen LogP contribution in [-0.4, -0.2) is 50.9 Å². The van der Waals surface area contributed by atoms with E-state index >= 15 is 0 Å². The lowest BCUT2D eigenvalue weighted by Gasteiger charge is -2.33. The van der Waals surface area contributed by atoms with Gasteiger partial charge in [-0.2, -0.15) is 5.10 Å². The van der Waals surface area contributed by atoms with Gasteiger partial charge in [0.2, 0.25) is 5.91 Å². The molecule has 26 heavy (non-hydrogen) atoms. The maximum absolute atomic E-state index is 12.5. The second kappa shape index (κ2) is 7.55. The minimum atomic E-state index is -0.333.